The van der Waals surface area contributed by atoms with Crippen LogP contribution in [0.1, 0.15) is 44.1 Å². The van der Waals surface area contributed by atoms with Crippen LogP contribution in [-0.4, -0.2) is 16.8 Å². The molecule has 2 nitrogen and oxygen atoms in total. The van der Waals surface area contributed by atoms with Crippen LogP contribution >= 0.6 is 0 Å². The second-order valence-electron chi connectivity index (χ2n) is 5.94. The summed E-state index contributed by atoms with van der Waals surface area (Å²) >= 11 is 0. The second kappa shape index (κ2) is 6.75. The molecule has 0 atom stereocenters. The van der Waals surface area contributed by atoms with Crippen molar-refractivity contribution < 1.29 is 0 Å². The van der Waals surface area contributed by atoms with Gasteiger partial charge in [0.15, 0.2) is 0 Å². The number of benzene rings is 1. The number of rotatable bonds is 5. The highest BCUT2D eigenvalue weighted by molar-refractivity contribution is 5.99. The standard InChI is InChI=1S/C19H24N2/c1-2-3-13-21-15-16(18-11-7-8-12-19(18)21)14-20-17-9-5-4-6-10-17/h2,7-8,11-12,14-15,17H,1,3-6,9-10,13H2. The van der Waals surface area contributed by atoms with Crippen LogP contribution in [0.15, 0.2) is 48.1 Å². The van der Waals surface area contributed by atoms with Crippen molar-refractivity contribution in [1.29, 1.82) is 0 Å². The molecule has 1 heterocycles. The van der Waals surface area contributed by atoms with Crippen molar-refractivity contribution in [3.8, 4) is 0 Å². The molecular weight excluding hydrogens is 256 g/mol. The first kappa shape index (κ1) is 14.1. The monoisotopic (exact) mass is 280 g/mol. The summed E-state index contributed by atoms with van der Waals surface area (Å²) in [5.41, 5.74) is 2.55. The highest BCUT2D eigenvalue weighted by atomic mass is 15.0. The van der Waals surface area contributed by atoms with E-state index in [-0.39, 0.29) is 0 Å². The van der Waals surface area contributed by atoms with Gasteiger partial charge < -0.3 is 4.57 Å². The van der Waals surface area contributed by atoms with E-state index in [4.69, 9.17) is 4.99 Å². The number of allylic oxidation sites excluding steroid dienone is 1. The summed E-state index contributed by atoms with van der Waals surface area (Å²) in [6, 6.07) is 9.14. The van der Waals surface area contributed by atoms with Gasteiger partial charge in [0.1, 0.15) is 0 Å². The molecule has 0 saturated heterocycles. The van der Waals surface area contributed by atoms with E-state index >= 15 is 0 Å². The molecule has 0 radical (unpaired) electrons. The van der Waals surface area contributed by atoms with E-state index in [1.54, 1.807) is 0 Å². The van der Waals surface area contributed by atoms with Gasteiger partial charge in [-0.15, -0.1) is 6.58 Å². The fourth-order valence-corrected chi connectivity index (χ4v) is 3.21. The molecular formula is C19H24N2. The Hall–Kier alpha value is -1.83. The minimum absolute atomic E-state index is 0.536. The van der Waals surface area contributed by atoms with E-state index in [1.807, 2.05) is 6.08 Å². The maximum atomic E-state index is 4.84. The Bertz CT molecular complexity index is 630. The zero-order valence-corrected chi connectivity index (χ0v) is 12.7. The zero-order chi connectivity index (χ0) is 14.5. The lowest BCUT2D eigenvalue weighted by atomic mass is 9.96. The van der Waals surface area contributed by atoms with Gasteiger partial charge in [-0.3, -0.25) is 4.99 Å². The Morgan fingerprint density at radius 3 is 2.81 bits per heavy atom. The maximum Gasteiger partial charge on any atom is 0.0499 e. The van der Waals surface area contributed by atoms with Crippen LogP contribution in [0.5, 0.6) is 0 Å². The summed E-state index contributed by atoms with van der Waals surface area (Å²) in [4.78, 5) is 4.84. The fraction of sp³-hybridized carbons (Fsp3) is 0.421. The van der Waals surface area contributed by atoms with Gasteiger partial charge in [0.25, 0.3) is 0 Å². The average Bonchev–Trinajstić information content (AvgIpc) is 2.90. The number of nitrogens with zero attached hydrogens (tertiary/aromatic N) is 2. The molecule has 1 saturated carbocycles. The molecule has 0 aliphatic heterocycles. The summed E-state index contributed by atoms with van der Waals surface area (Å²) in [6.07, 6.45) is 13.9. The lowest BCUT2D eigenvalue weighted by Crippen LogP contribution is -2.09. The van der Waals surface area contributed by atoms with Gasteiger partial charge in [-0.1, -0.05) is 43.5 Å². The maximum absolute atomic E-state index is 4.84. The first-order valence-corrected chi connectivity index (χ1v) is 8.10. The molecule has 0 spiro atoms. The minimum atomic E-state index is 0.536. The Labute approximate surface area is 127 Å². The van der Waals surface area contributed by atoms with Gasteiger partial charge in [0.05, 0.1) is 0 Å². The lowest BCUT2D eigenvalue weighted by molar-refractivity contribution is 0.444. The minimum Gasteiger partial charge on any atom is -0.346 e. The smallest absolute Gasteiger partial charge is 0.0499 e. The Kier molecular flexibility index (Phi) is 4.54. The van der Waals surface area contributed by atoms with Crippen LogP contribution < -0.4 is 0 Å². The molecule has 110 valence electrons. The molecule has 1 aromatic heterocycles. The van der Waals surface area contributed by atoms with Crippen LogP contribution in [0, 0.1) is 0 Å². The van der Waals surface area contributed by atoms with Gasteiger partial charge in [-0.05, 0) is 25.3 Å². The van der Waals surface area contributed by atoms with Gasteiger partial charge in [0.2, 0.25) is 0 Å². The van der Waals surface area contributed by atoms with E-state index in [9.17, 15) is 0 Å². The Morgan fingerprint density at radius 1 is 1.19 bits per heavy atom. The number of hydrogen-bond donors (Lipinski definition) is 0. The van der Waals surface area contributed by atoms with Crippen molar-refractivity contribution in [2.45, 2.75) is 51.1 Å². The Balaban J connectivity index is 1.86. The molecule has 1 fully saturated rings. The summed E-state index contributed by atoms with van der Waals surface area (Å²) in [5, 5.41) is 1.31. The number of fused-ring (bicyclic) bond motifs is 1. The number of para-hydroxylation sites is 1. The highest BCUT2D eigenvalue weighted by Crippen LogP contribution is 2.23. The number of aromatic nitrogens is 1. The van der Waals surface area contributed by atoms with Gasteiger partial charge in [-0.25, -0.2) is 0 Å². The molecule has 1 aliphatic rings. The fourth-order valence-electron chi connectivity index (χ4n) is 3.21. The normalized spacial score (nSPS) is 16.8. The van der Waals surface area contributed by atoms with Crippen molar-refractivity contribution >= 4 is 17.1 Å². The molecule has 21 heavy (non-hydrogen) atoms. The first-order chi connectivity index (χ1) is 10.4. The lowest BCUT2D eigenvalue weighted by Gasteiger charge is -2.16. The quantitative estimate of drug-likeness (QED) is 0.543. The third-order valence-corrected chi connectivity index (χ3v) is 4.39. The molecule has 1 aliphatic carbocycles. The largest absolute Gasteiger partial charge is 0.346 e. The van der Waals surface area contributed by atoms with Gasteiger partial charge >= 0.3 is 0 Å². The summed E-state index contributed by atoms with van der Waals surface area (Å²) < 4.78 is 2.32. The predicted molar refractivity (Wildman–Crippen MR) is 91.2 cm³/mol. The molecule has 2 aromatic rings. The van der Waals surface area contributed by atoms with Crippen LogP contribution in [0.4, 0.5) is 0 Å². The summed E-state index contributed by atoms with van der Waals surface area (Å²) in [5.74, 6) is 0. The van der Waals surface area contributed by atoms with Crippen molar-refractivity contribution in [3.63, 3.8) is 0 Å². The second-order valence-corrected chi connectivity index (χ2v) is 5.94. The van der Waals surface area contributed by atoms with Gasteiger partial charge in [-0.2, -0.15) is 0 Å². The molecule has 0 N–H and O–H groups in total. The molecule has 0 amide bonds. The van der Waals surface area contributed by atoms with Crippen LogP contribution in [-0.2, 0) is 6.54 Å². The van der Waals surface area contributed by atoms with Crippen LogP contribution in [0.2, 0.25) is 0 Å². The highest BCUT2D eigenvalue weighted by Gasteiger charge is 2.11. The average molecular weight is 280 g/mol. The van der Waals surface area contributed by atoms with E-state index in [2.05, 4.69) is 47.8 Å². The van der Waals surface area contributed by atoms with Crippen molar-refractivity contribution in [3.05, 3.63) is 48.7 Å². The molecule has 3 rings (SSSR count). The summed E-state index contributed by atoms with van der Waals surface area (Å²) in [6.45, 7) is 4.81. The van der Waals surface area contributed by atoms with Crippen LogP contribution in [0.3, 0.4) is 0 Å². The van der Waals surface area contributed by atoms with E-state index in [1.165, 1.54) is 48.6 Å². The van der Waals surface area contributed by atoms with E-state index < -0.39 is 0 Å². The number of hydrogen-bond acceptors (Lipinski definition) is 1. The van der Waals surface area contributed by atoms with Crippen molar-refractivity contribution in [2.24, 2.45) is 4.99 Å². The molecule has 0 unspecified atom stereocenters. The van der Waals surface area contributed by atoms with Gasteiger partial charge in [0, 0.05) is 41.5 Å². The molecule has 2 heteroatoms. The predicted octanol–water partition coefficient (Wildman–Crippen LogP) is 4.97. The molecule has 0 bridgehead atoms. The Morgan fingerprint density at radius 2 is 2.00 bits per heavy atom. The zero-order valence-electron chi connectivity index (χ0n) is 12.7. The van der Waals surface area contributed by atoms with Crippen LogP contribution in [0.25, 0.3) is 10.9 Å². The summed E-state index contributed by atoms with van der Waals surface area (Å²) in [7, 11) is 0. The molecule has 1 aromatic carbocycles. The topological polar surface area (TPSA) is 17.3 Å². The van der Waals surface area contributed by atoms with E-state index in [0.717, 1.165) is 13.0 Å². The number of aliphatic imine (C=N–C) groups is 1. The third-order valence-electron chi connectivity index (χ3n) is 4.39. The number of aryl methyl sites for hydroxylation is 1. The third kappa shape index (κ3) is 3.26. The van der Waals surface area contributed by atoms with Crippen molar-refractivity contribution in [2.75, 3.05) is 0 Å². The first-order valence-electron chi connectivity index (χ1n) is 8.10. The van der Waals surface area contributed by atoms with Crippen molar-refractivity contribution in [1.82, 2.24) is 4.57 Å². The van der Waals surface area contributed by atoms with E-state index in [0.29, 0.717) is 6.04 Å². The SMILES string of the molecule is C=CCCn1cc(C=NC2CCCCC2)c2ccccc21.